The minimum Gasteiger partial charge on any atom is -0.345 e. The van der Waals surface area contributed by atoms with Crippen LogP contribution in [0.1, 0.15) is 53.0 Å². The van der Waals surface area contributed by atoms with Crippen LogP contribution in [-0.4, -0.2) is 28.1 Å². The first kappa shape index (κ1) is 22.0. The van der Waals surface area contributed by atoms with Crippen LogP contribution in [0.3, 0.4) is 0 Å². The Morgan fingerprint density at radius 2 is 1.75 bits per heavy atom. The van der Waals surface area contributed by atoms with Crippen molar-refractivity contribution in [2.24, 2.45) is 11.3 Å². The topological polar surface area (TPSA) is 84.0 Å². The van der Waals surface area contributed by atoms with Crippen LogP contribution in [0.15, 0.2) is 24.3 Å². The normalized spacial score (nSPS) is 13.6. The predicted molar refractivity (Wildman–Crippen MR) is 114 cm³/mol. The molecule has 0 aliphatic heterocycles. The second-order valence-corrected chi connectivity index (χ2v) is 9.61. The molecule has 28 heavy (non-hydrogen) atoms. The van der Waals surface area contributed by atoms with Gasteiger partial charge in [-0.2, -0.15) is 0 Å². The molecule has 1 heterocycles. The van der Waals surface area contributed by atoms with E-state index >= 15 is 0 Å². The van der Waals surface area contributed by atoms with Gasteiger partial charge in [0.05, 0.1) is 0 Å². The van der Waals surface area contributed by atoms with Crippen molar-refractivity contribution < 1.29 is 9.59 Å². The first-order valence-electron chi connectivity index (χ1n) is 9.54. The summed E-state index contributed by atoms with van der Waals surface area (Å²) in [6, 6.07) is 7.33. The van der Waals surface area contributed by atoms with Gasteiger partial charge in [0.1, 0.15) is 11.0 Å². The first-order valence-corrected chi connectivity index (χ1v) is 10.4. The molecule has 1 aromatic heterocycles. The maximum absolute atomic E-state index is 12.4. The lowest BCUT2D eigenvalue weighted by Gasteiger charge is -2.23. The summed E-state index contributed by atoms with van der Waals surface area (Å²) in [5.74, 6) is -0.157. The van der Waals surface area contributed by atoms with Gasteiger partial charge in [-0.15, -0.1) is 10.2 Å². The van der Waals surface area contributed by atoms with Crippen LogP contribution < -0.4 is 10.6 Å². The highest BCUT2D eigenvalue weighted by Crippen LogP contribution is 2.27. The molecule has 0 spiro atoms. The van der Waals surface area contributed by atoms with Crippen LogP contribution in [0, 0.1) is 18.3 Å². The van der Waals surface area contributed by atoms with E-state index < -0.39 is 6.04 Å². The molecule has 2 aromatic rings. The van der Waals surface area contributed by atoms with Crippen molar-refractivity contribution in [2.45, 2.75) is 60.4 Å². The van der Waals surface area contributed by atoms with Crippen molar-refractivity contribution in [2.75, 3.05) is 5.32 Å². The summed E-state index contributed by atoms with van der Waals surface area (Å²) in [6.07, 6.45) is 1.36. The van der Waals surface area contributed by atoms with E-state index in [1.807, 2.05) is 31.2 Å². The van der Waals surface area contributed by atoms with Gasteiger partial charge in [0.15, 0.2) is 0 Å². The smallest absolute Gasteiger partial charge is 0.248 e. The van der Waals surface area contributed by atoms with Crippen LogP contribution in [-0.2, 0) is 9.59 Å². The highest BCUT2D eigenvalue weighted by molar-refractivity contribution is 7.18. The lowest BCUT2D eigenvalue weighted by atomic mass is 9.84. The minimum atomic E-state index is -0.638. The highest BCUT2D eigenvalue weighted by atomic mass is 32.1. The van der Waals surface area contributed by atoms with Crippen LogP contribution in [0.5, 0.6) is 0 Å². The molecule has 6 nitrogen and oxygen atoms in total. The van der Waals surface area contributed by atoms with E-state index in [9.17, 15) is 9.59 Å². The molecule has 0 aliphatic rings. The number of carbonyl (C=O) groups is 2. The number of nitrogens with zero attached hydrogens (tertiary/aromatic N) is 2. The van der Waals surface area contributed by atoms with Gasteiger partial charge in [-0.3, -0.25) is 14.9 Å². The van der Waals surface area contributed by atoms with E-state index in [0.29, 0.717) is 11.6 Å². The minimum absolute atomic E-state index is 0.114. The quantitative estimate of drug-likeness (QED) is 0.718. The van der Waals surface area contributed by atoms with Crippen molar-refractivity contribution in [1.82, 2.24) is 15.5 Å². The number of benzene rings is 1. The van der Waals surface area contributed by atoms with Crippen LogP contribution >= 0.6 is 11.3 Å². The Kier molecular flexibility index (Phi) is 7.29. The standard InChI is InChI=1S/C21H30N4O2S/c1-13-7-9-16(10-8-13)19-24-25-20(28-19)23-18(27)15(3)22-17(26)11-14(2)12-21(4,5)6/h7-10,14-15H,11-12H2,1-6H3,(H,22,26)(H,23,25,27)/t14-,15-/m0/s1. The molecule has 0 unspecified atom stereocenters. The zero-order valence-electron chi connectivity index (χ0n) is 17.5. The number of hydrogen-bond donors (Lipinski definition) is 2. The lowest BCUT2D eigenvalue weighted by Crippen LogP contribution is -2.42. The fraction of sp³-hybridized carbons (Fsp3) is 0.524. The van der Waals surface area contributed by atoms with Gasteiger partial charge < -0.3 is 5.32 Å². The number of aryl methyl sites for hydroxylation is 1. The maximum Gasteiger partial charge on any atom is 0.248 e. The number of rotatable bonds is 7. The molecule has 7 heteroatoms. The van der Waals surface area contributed by atoms with Crippen molar-refractivity contribution >= 4 is 28.3 Å². The fourth-order valence-corrected chi connectivity index (χ4v) is 3.85. The Hall–Kier alpha value is -2.28. The van der Waals surface area contributed by atoms with Crippen LogP contribution in [0.25, 0.3) is 10.6 Å². The molecule has 152 valence electrons. The zero-order valence-corrected chi connectivity index (χ0v) is 18.3. The lowest BCUT2D eigenvalue weighted by molar-refractivity contribution is -0.126. The monoisotopic (exact) mass is 402 g/mol. The number of anilines is 1. The van der Waals surface area contributed by atoms with Crippen LogP contribution in [0.4, 0.5) is 5.13 Å². The Labute approximate surface area is 171 Å². The Balaban J connectivity index is 1.87. The Bertz CT molecular complexity index is 809. The molecule has 1 aromatic carbocycles. The molecule has 0 bridgehead atoms. The maximum atomic E-state index is 12.4. The molecule has 0 aliphatic carbocycles. The molecular weight excluding hydrogens is 372 g/mol. The average molecular weight is 403 g/mol. The van der Waals surface area contributed by atoms with E-state index in [4.69, 9.17) is 0 Å². The molecule has 2 atom stereocenters. The zero-order chi connectivity index (χ0) is 20.9. The third-order valence-corrected chi connectivity index (χ3v) is 5.11. The number of hydrogen-bond acceptors (Lipinski definition) is 5. The molecule has 0 fully saturated rings. The van der Waals surface area contributed by atoms with Crippen LogP contribution in [0.2, 0.25) is 0 Å². The fourth-order valence-electron chi connectivity index (χ4n) is 3.10. The van der Waals surface area contributed by atoms with E-state index in [0.717, 1.165) is 17.0 Å². The highest BCUT2D eigenvalue weighted by Gasteiger charge is 2.21. The third-order valence-electron chi connectivity index (χ3n) is 4.22. The number of carbonyl (C=O) groups excluding carboxylic acids is 2. The summed E-state index contributed by atoms with van der Waals surface area (Å²) in [5, 5.41) is 14.8. The second-order valence-electron chi connectivity index (χ2n) is 8.63. The Morgan fingerprint density at radius 1 is 1.11 bits per heavy atom. The summed E-state index contributed by atoms with van der Waals surface area (Å²) < 4.78 is 0. The van der Waals surface area contributed by atoms with E-state index in [2.05, 4.69) is 48.5 Å². The van der Waals surface area contributed by atoms with Gasteiger partial charge in [0, 0.05) is 12.0 Å². The van der Waals surface area contributed by atoms with E-state index in [-0.39, 0.29) is 23.1 Å². The molecule has 0 saturated heterocycles. The molecular formula is C21H30N4O2S. The first-order chi connectivity index (χ1) is 13.0. The van der Waals surface area contributed by atoms with Crippen molar-refractivity contribution in [1.29, 1.82) is 0 Å². The van der Waals surface area contributed by atoms with E-state index in [1.165, 1.54) is 16.9 Å². The second kappa shape index (κ2) is 9.28. The number of amides is 2. The van der Waals surface area contributed by atoms with Gasteiger partial charge in [0.2, 0.25) is 16.9 Å². The molecule has 2 N–H and O–H groups in total. The van der Waals surface area contributed by atoms with Gasteiger partial charge in [0.25, 0.3) is 0 Å². The van der Waals surface area contributed by atoms with Gasteiger partial charge in [-0.1, -0.05) is 68.9 Å². The molecule has 0 saturated carbocycles. The van der Waals surface area contributed by atoms with Gasteiger partial charge in [-0.25, -0.2) is 0 Å². The summed E-state index contributed by atoms with van der Waals surface area (Å²) in [4.78, 5) is 24.6. The SMILES string of the molecule is Cc1ccc(-c2nnc(NC(=O)[C@H](C)NC(=O)C[C@H](C)CC(C)(C)C)s2)cc1. The van der Waals surface area contributed by atoms with E-state index in [1.54, 1.807) is 6.92 Å². The van der Waals surface area contributed by atoms with Crippen molar-refractivity contribution in [3.8, 4) is 10.6 Å². The third kappa shape index (κ3) is 7.03. The molecule has 2 amide bonds. The number of aromatic nitrogens is 2. The largest absolute Gasteiger partial charge is 0.345 e. The summed E-state index contributed by atoms with van der Waals surface area (Å²) in [5.41, 5.74) is 2.30. The predicted octanol–water partition coefficient (Wildman–Crippen LogP) is 4.42. The van der Waals surface area contributed by atoms with Gasteiger partial charge >= 0.3 is 0 Å². The van der Waals surface area contributed by atoms with Gasteiger partial charge in [-0.05, 0) is 31.6 Å². The van der Waals surface area contributed by atoms with Crippen molar-refractivity contribution in [3.05, 3.63) is 29.8 Å². The van der Waals surface area contributed by atoms with Crippen molar-refractivity contribution in [3.63, 3.8) is 0 Å². The average Bonchev–Trinajstić information content (AvgIpc) is 3.01. The summed E-state index contributed by atoms with van der Waals surface area (Å²) >= 11 is 1.31. The molecule has 2 rings (SSSR count). The summed E-state index contributed by atoms with van der Waals surface area (Å²) in [6.45, 7) is 12.2. The number of nitrogens with one attached hydrogen (secondary N) is 2. The molecule has 0 radical (unpaired) electrons. The Morgan fingerprint density at radius 3 is 2.36 bits per heavy atom. The summed E-state index contributed by atoms with van der Waals surface area (Å²) in [7, 11) is 0.